The fraction of sp³-hybridized carbons (Fsp3) is 0.364. The molecule has 0 bridgehead atoms. The molecule has 0 fully saturated rings. The van der Waals surface area contributed by atoms with E-state index in [1.807, 2.05) is 0 Å². The van der Waals surface area contributed by atoms with Crippen LogP contribution in [0, 0.1) is 0 Å². The Labute approximate surface area is 108 Å². The Morgan fingerprint density at radius 3 is 2.67 bits per heavy atom. The third-order valence-corrected chi connectivity index (χ3v) is 2.94. The molecule has 0 saturated carbocycles. The van der Waals surface area contributed by atoms with Crippen LogP contribution >= 0.6 is 11.6 Å². The Hall–Kier alpha value is -1.82. The molecule has 0 aliphatic carbocycles. The smallest absolute Gasteiger partial charge is 0.321 e. The quantitative estimate of drug-likeness (QED) is 0.800. The van der Waals surface area contributed by atoms with E-state index in [4.69, 9.17) is 11.6 Å². The molecule has 0 spiro atoms. The van der Waals surface area contributed by atoms with E-state index in [2.05, 4.69) is 4.98 Å². The number of nitrogens with zero attached hydrogens (tertiary/aromatic N) is 4. The van der Waals surface area contributed by atoms with E-state index in [0.717, 1.165) is 4.57 Å². The summed E-state index contributed by atoms with van der Waals surface area (Å²) in [6, 6.07) is 0. The summed E-state index contributed by atoms with van der Waals surface area (Å²) in [6.45, 7) is 2.20. The number of hydrogen-bond donors (Lipinski definition) is 0. The highest BCUT2D eigenvalue weighted by Crippen LogP contribution is 2.07. The average Bonchev–Trinajstić information content (AvgIpc) is 2.75. The van der Waals surface area contributed by atoms with E-state index in [1.165, 1.54) is 17.9 Å². The topological polar surface area (TPSA) is 61.8 Å². The molecule has 0 atom stereocenters. The van der Waals surface area contributed by atoms with E-state index in [-0.39, 0.29) is 11.2 Å². The van der Waals surface area contributed by atoms with Crippen molar-refractivity contribution in [3.05, 3.63) is 38.3 Å². The molecular weight excluding hydrogens is 256 g/mol. The second kappa shape index (κ2) is 4.45. The Morgan fingerprint density at radius 2 is 2.06 bits per heavy atom. The molecule has 6 nitrogen and oxygen atoms in total. The number of rotatable bonds is 2. The highest BCUT2D eigenvalue weighted by molar-refractivity contribution is 6.29. The van der Waals surface area contributed by atoms with Crippen molar-refractivity contribution in [3.63, 3.8) is 0 Å². The van der Waals surface area contributed by atoms with Crippen LogP contribution in [0.15, 0.2) is 27.0 Å². The van der Waals surface area contributed by atoms with Gasteiger partial charge in [-0.2, -0.15) is 0 Å². The zero-order chi connectivity index (χ0) is 13.4. The van der Waals surface area contributed by atoms with Crippen molar-refractivity contribution >= 4 is 22.8 Å². The van der Waals surface area contributed by atoms with E-state index in [0.29, 0.717) is 22.7 Å². The highest BCUT2D eigenvalue weighted by Gasteiger charge is 2.13. The maximum Gasteiger partial charge on any atom is 0.332 e. The maximum atomic E-state index is 12.1. The molecule has 0 aliphatic rings. The Balaban J connectivity index is 2.78. The van der Waals surface area contributed by atoms with Gasteiger partial charge in [-0.05, 0) is 6.92 Å². The van der Waals surface area contributed by atoms with Crippen LogP contribution in [-0.2, 0) is 20.6 Å². The van der Waals surface area contributed by atoms with Gasteiger partial charge in [0.2, 0.25) is 0 Å². The van der Waals surface area contributed by atoms with Gasteiger partial charge in [0.25, 0.3) is 5.56 Å². The van der Waals surface area contributed by atoms with Gasteiger partial charge in [0.1, 0.15) is 0 Å². The number of fused-ring (bicyclic) bond motifs is 1. The van der Waals surface area contributed by atoms with Crippen LogP contribution in [0.25, 0.3) is 11.2 Å². The van der Waals surface area contributed by atoms with Gasteiger partial charge in [0, 0.05) is 25.7 Å². The first-order valence-electron chi connectivity index (χ1n) is 5.36. The lowest BCUT2D eigenvalue weighted by Gasteiger charge is -2.04. The normalized spacial score (nSPS) is 12.3. The summed E-state index contributed by atoms with van der Waals surface area (Å²) in [5.41, 5.74) is 0.0329. The summed E-state index contributed by atoms with van der Waals surface area (Å²) < 4.78 is 4.09. The third-order valence-electron chi connectivity index (χ3n) is 2.79. The monoisotopic (exact) mass is 268 g/mol. The minimum Gasteiger partial charge on any atom is -0.321 e. The van der Waals surface area contributed by atoms with Crippen LogP contribution in [0.5, 0.6) is 0 Å². The van der Waals surface area contributed by atoms with Gasteiger partial charge in [0.05, 0.1) is 6.33 Å². The molecule has 0 aromatic carbocycles. The second-order valence-corrected chi connectivity index (χ2v) is 4.66. The summed E-state index contributed by atoms with van der Waals surface area (Å²) in [7, 11) is 3.04. The predicted molar refractivity (Wildman–Crippen MR) is 69.8 cm³/mol. The molecule has 2 heterocycles. The van der Waals surface area contributed by atoms with Crippen LogP contribution in [0.4, 0.5) is 0 Å². The van der Waals surface area contributed by atoms with E-state index < -0.39 is 0 Å². The summed E-state index contributed by atoms with van der Waals surface area (Å²) in [6.07, 6.45) is 3.30. The predicted octanol–water partition coefficient (Wildman–Crippen LogP) is 0.576. The van der Waals surface area contributed by atoms with Crippen LogP contribution in [0.2, 0.25) is 0 Å². The van der Waals surface area contributed by atoms with Crippen molar-refractivity contribution in [1.82, 2.24) is 18.7 Å². The Bertz CT molecular complexity index is 747. The number of aryl methyl sites for hydroxylation is 1. The van der Waals surface area contributed by atoms with Gasteiger partial charge in [0.15, 0.2) is 11.2 Å². The minimum atomic E-state index is -0.387. The van der Waals surface area contributed by atoms with E-state index >= 15 is 0 Å². The van der Waals surface area contributed by atoms with Gasteiger partial charge in [-0.1, -0.05) is 17.7 Å². The van der Waals surface area contributed by atoms with E-state index in [1.54, 1.807) is 24.6 Å². The lowest BCUT2D eigenvalue weighted by Crippen LogP contribution is -2.37. The third kappa shape index (κ3) is 1.88. The largest absolute Gasteiger partial charge is 0.332 e. The lowest BCUT2D eigenvalue weighted by molar-refractivity contribution is 0.703. The van der Waals surface area contributed by atoms with Crippen molar-refractivity contribution < 1.29 is 0 Å². The lowest BCUT2D eigenvalue weighted by atomic mass is 10.4. The maximum absolute atomic E-state index is 12.1. The molecule has 0 N–H and O–H groups in total. The van der Waals surface area contributed by atoms with Gasteiger partial charge < -0.3 is 4.57 Å². The fourth-order valence-electron chi connectivity index (χ4n) is 1.76. The molecule has 2 aromatic heterocycles. The Morgan fingerprint density at radius 1 is 1.39 bits per heavy atom. The molecule has 0 unspecified atom stereocenters. The van der Waals surface area contributed by atoms with Crippen LogP contribution in [0.1, 0.15) is 6.92 Å². The van der Waals surface area contributed by atoms with Crippen molar-refractivity contribution in [2.24, 2.45) is 14.1 Å². The summed E-state index contributed by atoms with van der Waals surface area (Å²) in [5, 5.41) is 0.637. The van der Waals surface area contributed by atoms with Crippen LogP contribution in [0.3, 0.4) is 0 Å². The van der Waals surface area contributed by atoms with Crippen molar-refractivity contribution in [3.8, 4) is 0 Å². The van der Waals surface area contributed by atoms with Crippen molar-refractivity contribution in [1.29, 1.82) is 0 Å². The minimum absolute atomic E-state index is 0.355. The molecule has 0 radical (unpaired) electrons. The molecule has 7 heteroatoms. The number of hydrogen-bond acceptors (Lipinski definition) is 3. The molecule has 0 amide bonds. The summed E-state index contributed by atoms with van der Waals surface area (Å²) in [4.78, 5) is 27.9. The van der Waals surface area contributed by atoms with Gasteiger partial charge in [-0.15, -0.1) is 0 Å². The van der Waals surface area contributed by atoms with Crippen LogP contribution < -0.4 is 11.2 Å². The van der Waals surface area contributed by atoms with Gasteiger partial charge in [-0.25, -0.2) is 9.78 Å². The number of imidazole rings is 1. The molecule has 18 heavy (non-hydrogen) atoms. The van der Waals surface area contributed by atoms with Crippen LogP contribution in [-0.4, -0.2) is 18.7 Å². The first-order valence-corrected chi connectivity index (χ1v) is 5.74. The zero-order valence-electron chi connectivity index (χ0n) is 10.3. The first-order chi connectivity index (χ1) is 8.43. The number of halogens is 1. The standard InChI is InChI=1S/C11H13ClN4O2/c1-7(12)4-5-16-6-13-9-8(16)10(17)15(3)11(18)14(9)2/h4,6H,5H2,1-3H3/b7-4-. The Kier molecular flexibility index (Phi) is 3.13. The molecule has 0 saturated heterocycles. The highest BCUT2D eigenvalue weighted by atomic mass is 35.5. The summed E-state index contributed by atoms with van der Waals surface area (Å²) in [5.74, 6) is 0. The molecule has 2 aromatic rings. The van der Waals surface area contributed by atoms with Crippen molar-refractivity contribution in [2.75, 3.05) is 0 Å². The first kappa shape index (κ1) is 12.6. The molecule has 0 aliphatic heterocycles. The van der Waals surface area contributed by atoms with Gasteiger partial charge in [-0.3, -0.25) is 13.9 Å². The number of aromatic nitrogens is 4. The molecule has 96 valence electrons. The van der Waals surface area contributed by atoms with Gasteiger partial charge >= 0.3 is 5.69 Å². The summed E-state index contributed by atoms with van der Waals surface area (Å²) >= 11 is 5.76. The fourth-order valence-corrected chi connectivity index (χ4v) is 1.83. The zero-order valence-corrected chi connectivity index (χ0v) is 11.1. The second-order valence-electron chi connectivity index (χ2n) is 4.07. The van der Waals surface area contributed by atoms with E-state index in [9.17, 15) is 9.59 Å². The van der Waals surface area contributed by atoms with Crippen molar-refractivity contribution in [2.45, 2.75) is 13.5 Å². The average molecular weight is 269 g/mol. The SMILES string of the molecule is C/C(Cl)=C/Cn1cnc2c1c(=O)n(C)c(=O)n2C. The number of allylic oxidation sites excluding steroid dienone is 2. The molecular formula is C11H13ClN4O2. The molecule has 2 rings (SSSR count).